The number of thiocarbonyl (C=S) groups is 1. The van der Waals surface area contributed by atoms with Crippen molar-refractivity contribution in [3.63, 3.8) is 0 Å². The minimum Gasteiger partial charge on any atom is -0.360 e. The molecule has 0 bridgehead atoms. The summed E-state index contributed by atoms with van der Waals surface area (Å²) in [6.45, 7) is 4.33. The smallest absolute Gasteiger partial charge is 0.171 e. The van der Waals surface area contributed by atoms with Gasteiger partial charge in [-0.2, -0.15) is 0 Å². The number of hydrogen-bond donors (Lipinski definition) is 2. The van der Waals surface area contributed by atoms with Gasteiger partial charge in [-0.3, -0.25) is 0 Å². The third kappa shape index (κ3) is 6.46. The number of unbranched alkanes of at least 4 members (excludes halogenated alkanes) is 2. The molecule has 0 radical (unpaired) electrons. The highest BCUT2D eigenvalue weighted by Crippen LogP contribution is 2.25. The molecule has 0 saturated carbocycles. The van der Waals surface area contributed by atoms with Crippen LogP contribution in [0, 0.1) is 0 Å². The molecule has 0 heterocycles. The fourth-order valence-electron chi connectivity index (χ4n) is 1.75. The Balaban J connectivity index is 2.44. The van der Waals surface area contributed by atoms with E-state index >= 15 is 0 Å². The van der Waals surface area contributed by atoms with E-state index in [1.54, 1.807) is 18.2 Å². The number of halogens is 2. The van der Waals surface area contributed by atoms with Crippen LogP contribution in [0.2, 0.25) is 10.0 Å². The van der Waals surface area contributed by atoms with Gasteiger partial charge in [0.1, 0.15) is 0 Å². The standard InChI is InChI=1S/C14H20Cl2N2S/c1-3-4-5-6-10(2)17-14(19)18-13-9-11(15)7-8-12(13)16/h7-10H,3-6H2,1-2H3,(H2,17,18,19). The largest absolute Gasteiger partial charge is 0.360 e. The van der Waals surface area contributed by atoms with Crippen molar-refractivity contribution >= 4 is 46.2 Å². The first-order valence-corrected chi connectivity index (χ1v) is 7.72. The molecule has 0 aliphatic heterocycles. The molecule has 1 aromatic carbocycles. The van der Waals surface area contributed by atoms with Crippen LogP contribution in [-0.4, -0.2) is 11.2 Å². The van der Waals surface area contributed by atoms with Crippen LogP contribution in [0.3, 0.4) is 0 Å². The van der Waals surface area contributed by atoms with E-state index in [-0.39, 0.29) is 0 Å². The second-order valence-electron chi connectivity index (χ2n) is 4.62. The van der Waals surface area contributed by atoms with Crippen molar-refractivity contribution in [3.8, 4) is 0 Å². The zero-order chi connectivity index (χ0) is 14.3. The van der Waals surface area contributed by atoms with E-state index in [9.17, 15) is 0 Å². The quantitative estimate of drug-likeness (QED) is 0.553. The van der Waals surface area contributed by atoms with E-state index < -0.39 is 0 Å². The number of anilines is 1. The lowest BCUT2D eigenvalue weighted by atomic mass is 10.1. The molecule has 106 valence electrons. The van der Waals surface area contributed by atoms with E-state index in [2.05, 4.69) is 24.5 Å². The number of benzene rings is 1. The summed E-state index contributed by atoms with van der Waals surface area (Å²) in [6.07, 6.45) is 4.81. The molecule has 0 fully saturated rings. The molecule has 1 unspecified atom stereocenters. The molecule has 2 nitrogen and oxygen atoms in total. The fourth-order valence-corrected chi connectivity index (χ4v) is 2.40. The average Bonchev–Trinajstić information content (AvgIpc) is 2.34. The molecule has 5 heteroatoms. The minimum absolute atomic E-state index is 0.351. The Morgan fingerprint density at radius 1 is 1.32 bits per heavy atom. The highest BCUT2D eigenvalue weighted by atomic mass is 35.5. The second kappa shape index (κ2) is 8.62. The summed E-state index contributed by atoms with van der Waals surface area (Å²) in [5.74, 6) is 0. The summed E-state index contributed by atoms with van der Waals surface area (Å²) in [5, 5.41) is 8.14. The van der Waals surface area contributed by atoms with E-state index in [0.29, 0.717) is 21.2 Å². The van der Waals surface area contributed by atoms with Crippen LogP contribution >= 0.6 is 35.4 Å². The van der Waals surface area contributed by atoms with Crippen molar-refractivity contribution in [1.82, 2.24) is 5.32 Å². The van der Waals surface area contributed by atoms with Crippen molar-refractivity contribution in [2.45, 2.75) is 45.6 Å². The molecule has 0 aliphatic carbocycles. The molecule has 2 N–H and O–H groups in total. The summed E-state index contributed by atoms with van der Waals surface area (Å²) in [5.41, 5.74) is 0.729. The molecule has 1 aromatic rings. The van der Waals surface area contributed by atoms with Crippen LogP contribution in [0.4, 0.5) is 5.69 Å². The van der Waals surface area contributed by atoms with Crippen LogP contribution in [0.5, 0.6) is 0 Å². The Labute approximate surface area is 130 Å². The Morgan fingerprint density at radius 2 is 2.05 bits per heavy atom. The van der Waals surface area contributed by atoms with Gasteiger partial charge in [-0.05, 0) is 43.8 Å². The summed E-state index contributed by atoms with van der Waals surface area (Å²) in [4.78, 5) is 0. The molecule has 0 amide bonds. The molecule has 0 saturated heterocycles. The predicted molar refractivity (Wildman–Crippen MR) is 89.4 cm³/mol. The van der Waals surface area contributed by atoms with Gasteiger partial charge >= 0.3 is 0 Å². The zero-order valence-corrected chi connectivity index (χ0v) is 13.6. The van der Waals surface area contributed by atoms with Crippen molar-refractivity contribution in [2.24, 2.45) is 0 Å². The Hall–Kier alpha value is -0.510. The van der Waals surface area contributed by atoms with Gasteiger partial charge in [0.05, 0.1) is 10.7 Å². The number of hydrogen-bond acceptors (Lipinski definition) is 1. The van der Waals surface area contributed by atoms with Gasteiger partial charge in [0.15, 0.2) is 5.11 Å². The maximum absolute atomic E-state index is 6.07. The summed E-state index contributed by atoms with van der Waals surface area (Å²) < 4.78 is 0. The van der Waals surface area contributed by atoms with Gasteiger partial charge in [0, 0.05) is 11.1 Å². The molecule has 0 aromatic heterocycles. The van der Waals surface area contributed by atoms with Gasteiger partial charge in [-0.25, -0.2) is 0 Å². The van der Waals surface area contributed by atoms with E-state index in [4.69, 9.17) is 35.4 Å². The van der Waals surface area contributed by atoms with Crippen molar-refractivity contribution in [1.29, 1.82) is 0 Å². The van der Waals surface area contributed by atoms with Crippen LogP contribution in [0.25, 0.3) is 0 Å². The van der Waals surface area contributed by atoms with E-state index in [1.165, 1.54) is 19.3 Å². The van der Waals surface area contributed by atoms with Crippen molar-refractivity contribution in [3.05, 3.63) is 28.2 Å². The lowest BCUT2D eigenvalue weighted by molar-refractivity contribution is 0.556. The second-order valence-corrected chi connectivity index (χ2v) is 5.87. The monoisotopic (exact) mass is 318 g/mol. The zero-order valence-electron chi connectivity index (χ0n) is 11.3. The Bertz CT molecular complexity index is 424. The molecule has 19 heavy (non-hydrogen) atoms. The molecule has 0 spiro atoms. The molecular weight excluding hydrogens is 299 g/mol. The van der Waals surface area contributed by atoms with Crippen LogP contribution in [0.1, 0.15) is 39.5 Å². The van der Waals surface area contributed by atoms with Gasteiger partial charge in [-0.1, -0.05) is 49.4 Å². The predicted octanol–water partition coefficient (Wildman–Crippen LogP) is 5.25. The first-order chi connectivity index (χ1) is 9.02. The van der Waals surface area contributed by atoms with E-state index in [1.807, 2.05) is 0 Å². The number of nitrogens with one attached hydrogen (secondary N) is 2. The summed E-state index contributed by atoms with van der Waals surface area (Å²) in [7, 11) is 0. The van der Waals surface area contributed by atoms with Crippen LogP contribution in [-0.2, 0) is 0 Å². The third-order valence-corrected chi connectivity index (χ3v) is 3.58. The maximum Gasteiger partial charge on any atom is 0.171 e. The SMILES string of the molecule is CCCCCC(C)NC(=S)Nc1cc(Cl)ccc1Cl. The molecular formula is C14H20Cl2N2S. The fraction of sp³-hybridized carbons (Fsp3) is 0.500. The Morgan fingerprint density at radius 3 is 2.74 bits per heavy atom. The molecule has 1 atom stereocenters. The Kier molecular flexibility index (Phi) is 7.51. The van der Waals surface area contributed by atoms with Gasteiger partial charge in [0.25, 0.3) is 0 Å². The van der Waals surface area contributed by atoms with Crippen molar-refractivity contribution in [2.75, 3.05) is 5.32 Å². The number of rotatable bonds is 6. The van der Waals surface area contributed by atoms with Gasteiger partial charge < -0.3 is 10.6 Å². The lowest BCUT2D eigenvalue weighted by Gasteiger charge is -2.17. The van der Waals surface area contributed by atoms with E-state index in [0.717, 1.165) is 12.1 Å². The summed E-state index contributed by atoms with van der Waals surface area (Å²) in [6, 6.07) is 5.61. The van der Waals surface area contributed by atoms with Crippen LogP contribution in [0.15, 0.2) is 18.2 Å². The van der Waals surface area contributed by atoms with Crippen molar-refractivity contribution < 1.29 is 0 Å². The highest BCUT2D eigenvalue weighted by molar-refractivity contribution is 7.80. The highest BCUT2D eigenvalue weighted by Gasteiger charge is 2.06. The first kappa shape index (κ1) is 16.5. The third-order valence-electron chi connectivity index (χ3n) is 2.79. The topological polar surface area (TPSA) is 24.1 Å². The molecule has 1 rings (SSSR count). The normalized spacial score (nSPS) is 12.0. The minimum atomic E-state index is 0.351. The lowest BCUT2D eigenvalue weighted by Crippen LogP contribution is -2.35. The average molecular weight is 319 g/mol. The maximum atomic E-state index is 6.07. The van der Waals surface area contributed by atoms with Crippen LogP contribution < -0.4 is 10.6 Å². The van der Waals surface area contributed by atoms with Gasteiger partial charge in [-0.15, -0.1) is 0 Å². The molecule has 0 aliphatic rings. The van der Waals surface area contributed by atoms with Gasteiger partial charge in [0.2, 0.25) is 0 Å². The first-order valence-electron chi connectivity index (χ1n) is 6.55. The summed E-state index contributed by atoms with van der Waals surface area (Å²) >= 11 is 17.3.